The minimum absolute atomic E-state index is 0.161. The summed E-state index contributed by atoms with van der Waals surface area (Å²) >= 11 is 1.44. The third-order valence-electron chi connectivity index (χ3n) is 3.36. The van der Waals surface area contributed by atoms with Crippen LogP contribution in [0, 0.1) is 0 Å². The maximum Gasteiger partial charge on any atom is 0.319 e. The molecule has 19 heavy (non-hydrogen) atoms. The molecule has 1 saturated carbocycles. The number of hydrogen-bond donors (Lipinski definition) is 0. The summed E-state index contributed by atoms with van der Waals surface area (Å²) in [6.07, 6.45) is 1.62. The Bertz CT molecular complexity index is 627. The van der Waals surface area contributed by atoms with Crippen molar-refractivity contribution in [3.63, 3.8) is 0 Å². The highest BCUT2D eigenvalue weighted by Crippen LogP contribution is 2.50. The monoisotopic (exact) mass is 280 g/mol. The summed E-state index contributed by atoms with van der Waals surface area (Å²) in [7, 11) is 0. The van der Waals surface area contributed by atoms with Crippen molar-refractivity contribution in [2.45, 2.75) is 44.9 Å². The van der Waals surface area contributed by atoms with E-state index >= 15 is 0 Å². The average Bonchev–Trinajstić information content (AvgIpc) is 2.90. The fourth-order valence-electron chi connectivity index (χ4n) is 2.09. The van der Waals surface area contributed by atoms with Crippen LogP contribution in [-0.4, -0.2) is 32.4 Å². The van der Waals surface area contributed by atoms with Gasteiger partial charge in [0.1, 0.15) is 10.4 Å². The number of ether oxygens (including phenoxy) is 1. The largest absolute Gasteiger partial charge is 0.465 e. The van der Waals surface area contributed by atoms with Gasteiger partial charge in [0.05, 0.1) is 6.61 Å². The minimum Gasteiger partial charge on any atom is -0.465 e. The lowest BCUT2D eigenvalue weighted by Gasteiger charge is -2.09. The highest BCUT2D eigenvalue weighted by molar-refractivity contribution is 7.17. The summed E-state index contributed by atoms with van der Waals surface area (Å²) in [5.74, 6) is 0.922. The van der Waals surface area contributed by atoms with Crippen LogP contribution >= 0.6 is 11.3 Å². The lowest BCUT2D eigenvalue weighted by molar-refractivity contribution is -0.146. The van der Waals surface area contributed by atoms with E-state index in [1.807, 2.05) is 20.8 Å². The lowest BCUT2D eigenvalue weighted by atomic mass is 10.1. The van der Waals surface area contributed by atoms with Gasteiger partial charge in [-0.2, -0.15) is 9.61 Å². The summed E-state index contributed by atoms with van der Waals surface area (Å²) in [5, 5.41) is 13.6. The second-order valence-electron chi connectivity index (χ2n) is 5.12. The molecule has 1 fully saturated rings. The van der Waals surface area contributed by atoms with E-state index in [1.165, 1.54) is 11.3 Å². The molecule has 7 heteroatoms. The van der Waals surface area contributed by atoms with Crippen molar-refractivity contribution < 1.29 is 9.53 Å². The molecule has 0 bridgehead atoms. The van der Waals surface area contributed by atoms with E-state index in [-0.39, 0.29) is 11.9 Å². The Hall–Kier alpha value is -1.50. The predicted molar refractivity (Wildman–Crippen MR) is 70.3 cm³/mol. The van der Waals surface area contributed by atoms with E-state index in [4.69, 9.17) is 4.74 Å². The van der Waals surface area contributed by atoms with E-state index in [0.29, 0.717) is 6.61 Å². The Kier molecular flexibility index (Phi) is 2.81. The normalized spacial score (nSPS) is 17.1. The van der Waals surface area contributed by atoms with Gasteiger partial charge >= 0.3 is 5.97 Å². The van der Waals surface area contributed by atoms with Gasteiger partial charge in [0, 0.05) is 5.92 Å². The summed E-state index contributed by atoms with van der Waals surface area (Å²) in [5.41, 5.74) is -0.518. The first kappa shape index (κ1) is 12.5. The van der Waals surface area contributed by atoms with Gasteiger partial charge in [0.25, 0.3) is 0 Å². The second-order valence-corrected chi connectivity index (χ2v) is 6.07. The smallest absolute Gasteiger partial charge is 0.319 e. The molecule has 6 nitrogen and oxygen atoms in total. The zero-order chi connectivity index (χ0) is 13.6. The molecule has 2 aromatic heterocycles. The maximum atomic E-state index is 12.0. The molecule has 2 aromatic rings. The van der Waals surface area contributed by atoms with Crippen LogP contribution in [0.2, 0.25) is 0 Å². The number of esters is 1. The fraction of sp³-hybridized carbons (Fsp3) is 0.667. The average molecular weight is 280 g/mol. The van der Waals surface area contributed by atoms with Crippen LogP contribution < -0.4 is 0 Å². The highest BCUT2D eigenvalue weighted by Gasteiger charge is 2.55. The summed E-state index contributed by atoms with van der Waals surface area (Å²) < 4.78 is 6.91. The molecule has 0 radical (unpaired) electrons. The van der Waals surface area contributed by atoms with Crippen molar-refractivity contribution in [2.75, 3.05) is 6.61 Å². The molecule has 102 valence electrons. The van der Waals surface area contributed by atoms with Crippen LogP contribution in [0.3, 0.4) is 0 Å². The van der Waals surface area contributed by atoms with Gasteiger partial charge in [0.15, 0.2) is 5.82 Å². The van der Waals surface area contributed by atoms with Crippen LogP contribution in [0.25, 0.3) is 4.96 Å². The molecule has 3 rings (SSSR count). The molecule has 0 aliphatic heterocycles. The number of carbonyl (C=O) groups excluding carboxylic acids is 1. The van der Waals surface area contributed by atoms with Crippen LogP contribution in [0.1, 0.15) is 50.4 Å². The Morgan fingerprint density at radius 1 is 1.47 bits per heavy atom. The summed E-state index contributed by atoms with van der Waals surface area (Å²) in [4.78, 5) is 12.8. The van der Waals surface area contributed by atoms with Gasteiger partial charge in [-0.05, 0) is 19.8 Å². The minimum atomic E-state index is -0.518. The van der Waals surface area contributed by atoms with Crippen LogP contribution in [-0.2, 0) is 14.9 Å². The highest BCUT2D eigenvalue weighted by atomic mass is 32.1. The van der Waals surface area contributed by atoms with E-state index < -0.39 is 5.41 Å². The third kappa shape index (κ3) is 1.83. The van der Waals surface area contributed by atoms with Crippen molar-refractivity contribution in [2.24, 2.45) is 0 Å². The molecule has 0 N–H and O–H groups in total. The molecule has 1 aliphatic rings. The molecule has 0 aromatic carbocycles. The summed E-state index contributed by atoms with van der Waals surface area (Å²) in [6.45, 7) is 6.33. The fourth-order valence-corrected chi connectivity index (χ4v) is 3.17. The first-order valence-corrected chi connectivity index (χ1v) is 7.30. The predicted octanol–water partition coefficient (Wildman–Crippen LogP) is 1.90. The molecule has 0 amide bonds. The number of hydrogen-bond acceptors (Lipinski definition) is 6. The summed E-state index contributed by atoms with van der Waals surface area (Å²) in [6, 6.07) is 0. The first-order chi connectivity index (χ1) is 9.08. The van der Waals surface area contributed by atoms with Gasteiger partial charge in [-0.3, -0.25) is 4.79 Å². The molecule has 0 spiro atoms. The molecule has 2 heterocycles. The Balaban J connectivity index is 2.00. The number of rotatable bonds is 4. The van der Waals surface area contributed by atoms with Gasteiger partial charge < -0.3 is 4.74 Å². The number of carbonyl (C=O) groups is 1. The van der Waals surface area contributed by atoms with E-state index in [9.17, 15) is 4.79 Å². The molecular formula is C12H16N4O2S. The molecule has 0 atom stereocenters. The number of aromatic nitrogens is 4. The Morgan fingerprint density at radius 3 is 2.79 bits per heavy atom. The lowest BCUT2D eigenvalue weighted by Crippen LogP contribution is -2.23. The third-order valence-corrected chi connectivity index (χ3v) is 4.46. The van der Waals surface area contributed by atoms with Crippen LogP contribution in [0.5, 0.6) is 0 Å². The van der Waals surface area contributed by atoms with Crippen LogP contribution in [0.15, 0.2) is 0 Å². The zero-order valence-corrected chi connectivity index (χ0v) is 12.0. The number of fused-ring (bicyclic) bond motifs is 1. The van der Waals surface area contributed by atoms with Crippen molar-refractivity contribution in [1.82, 2.24) is 19.8 Å². The van der Waals surface area contributed by atoms with Crippen molar-refractivity contribution >= 4 is 22.3 Å². The van der Waals surface area contributed by atoms with Crippen molar-refractivity contribution in [3.8, 4) is 0 Å². The SMILES string of the molecule is CCOC(=O)C1(c2nn3c(C(C)C)nnc3s2)CC1. The van der Waals surface area contributed by atoms with Gasteiger partial charge in [-0.15, -0.1) is 10.2 Å². The van der Waals surface area contributed by atoms with E-state index in [1.54, 1.807) is 4.52 Å². The Labute approximate surface area is 114 Å². The number of nitrogens with zero attached hydrogens (tertiary/aromatic N) is 4. The maximum absolute atomic E-state index is 12.0. The van der Waals surface area contributed by atoms with Gasteiger partial charge in [-0.25, -0.2) is 0 Å². The second kappa shape index (κ2) is 4.26. The van der Waals surface area contributed by atoms with Crippen molar-refractivity contribution in [1.29, 1.82) is 0 Å². The quantitative estimate of drug-likeness (QED) is 0.800. The first-order valence-electron chi connectivity index (χ1n) is 6.48. The Morgan fingerprint density at radius 2 is 2.21 bits per heavy atom. The molecule has 0 saturated heterocycles. The molecule has 1 aliphatic carbocycles. The van der Waals surface area contributed by atoms with Crippen molar-refractivity contribution in [3.05, 3.63) is 10.8 Å². The van der Waals surface area contributed by atoms with Crippen LogP contribution in [0.4, 0.5) is 0 Å². The van der Waals surface area contributed by atoms with Gasteiger partial charge in [0.2, 0.25) is 4.96 Å². The van der Waals surface area contributed by atoms with E-state index in [2.05, 4.69) is 15.3 Å². The zero-order valence-electron chi connectivity index (χ0n) is 11.2. The molecule has 0 unspecified atom stereocenters. The van der Waals surface area contributed by atoms with E-state index in [0.717, 1.165) is 28.6 Å². The topological polar surface area (TPSA) is 69.4 Å². The standard InChI is InChI=1S/C12H16N4O2S/c1-4-18-10(17)12(5-6-12)9-15-16-8(7(2)3)13-14-11(16)19-9/h7H,4-6H2,1-3H3. The van der Waals surface area contributed by atoms with Gasteiger partial charge in [-0.1, -0.05) is 25.2 Å². The molecular weight excluding hydrogens is 264 g/mol.